The largest absolute Gasteiger partial charge is 0.399 e. The van der Waals surface area contributed by atoms with Gasteiger partial charge in [-0.25, -0.2) is 4.98 Å². The Labute approximate surface area is 254 Å². The number of hydrogen-bond acceptors (Lipinski definition) is 7. The van der Waals surface area contributed by atoms with Crippen molar-refractivity contribution >= 4 is 58.5 Å². The Morgan fingerprint density at radius 3 is 2.48 bits per heavy atom. The Morgan fingerprint density at radius 1 is 1.11 bits per heavy atom. The van der Waals surface area contributed by atoms with E-state index in [0.717, 1.165) is 23.5 Å². The molecule has 1 aromatic heterocycles. The quantitative estimate of drug-likeness (QED) is 0.344. The maximum absolute atomic E-state index is 14.3. The number of thiazole rings is 1. The number of nitrogens with one attached hydrogen (secondary N) is 1. The third-order valence-corrected chi connectivity index (χ3v) is 10.0. The molecule has 0 spiro atoms. The molecule has 2 aliphatic heterocycles. The van der Waals surface area contributed by atoms with Crippen molar-refractivity contribution in [1.29, 1.82) is 0 Å². The topological polar surface area (TPSA) is 160 Å². The molecule has 0 saturated carbocycles. The van der Waals surface area contributed by atoms with E-state index >= 15 is 0 Å². The second-order valence-corrected chi connectivity index (χ2v) is 13.5. The molecular weight excluding hydrogens is 619 g/mol. The lowest BCUT2D eigenvalue weighted by atomic mass is 10.1. The highest BCUT2D eigenvalue weighted by Crippen LogP contribution is 2.59. The highest BCUT2D eigenvalue weighted by Gasteiger charge is 2.50. The van der Waals surface area contributed by atoms with Gasteiger partial charge in [-0.15, -0.1) is 11.3 Å². The SMILES string of the molecule is CC(=O)N1CC[C@H]2CC[C@@H](C(=O)N(C)c3ccccc3)N2C(=O)C(NC(=O)c2nc3cc(C(F)(F)P(=O)(O)O)ccc3s2)C1. The number of halogens is 2. The maximum Gasteiger partial charge on any atom is 0.399 e. The van der Waals surface area contributed by atoms with E-state index in [1.165, 1.54) is 27.7 Å². The Kier molecular flexibility index (Phi) is 8.60. The van der Waals surface area contributed by atoms with Crippen molar-refractivity contribution in [2.24, 2.45) is 0 Å². The summed E-state index contributed by atoms with van der Waals surface area (Å²) >= 11 is 0.837. The van der Waals surface area contributed by atoms with Crippen LogP contribution in [0.5, 0.6) is 0 Å². The number of nitrogens with zero attached hydrogens (tertiary/aromatic N) is 4. The summed E-state index contributed by atoms with van der Waals surface area (Å²) in [5.41, 5.74) is -4.84. The maximum atomic E-state index is 14.3. The fourth-order valence-electron chi connectivity index (χ4n) is 5.61. The van der Waals surface area contributed by atoms with E-state index in [0.29, 0.717) is 36.2 Å². The number of carbonyl (C=O) groups is 4. The first-order valence-electron chi connectivity index (χ1n) is 13.7. The van der Waals surface area contributed by atoms with Crippen molar-refractivity contribution in [2.45, 2.75) is 50.0 Å². The molecule has 16 heteroatoms. The lowest BCUT2D eigenvalue weighted by Crippen LogP contribution is -2.61. The summed E-state index contributed by atoms with van der Waals surface area (Å²) in [5, 5.41) is 2.44. The molecule has 2 saturated heterocycles. The van der Waals surface area contributed by atoms with Crippen molar-refractivity contribution < 1.29 is 42.3 Å². The Balaban J connectivity index is 1.41. The molecule has 4 amide bonds. The third-order valence-electron chi connectivity index (χ3n) is 8.00. The highest BCUT2D eigenvalue weighted by atomic mass is 32.1. The molecule has 0 bridgehead atoms. The van der Waals surface area contributed by atoms with Crippen LogP contribution in [0.15, 0.2) is 48.5 Å². The van der Waals surface area contributed by atoms with Crippen LogP contribution in [-0.2, 0) is 24.6 Å². The van der Waals surface area contributed by atoms with Crippen molar-refractivity contribution in [2.75, 3.05) is 25.0 Å². The van der Waals surface area contributed by atoms with Gasteiger partial charge in [-0.05, 0) is 43.5 Å². The van der Waals surface area contributed by atoms with Crippen LogP contribution in [0.4, 0.5) is 14.5 Å². The van der Waals surface area contributed by atoms with Gasteiger partial charge >= 0.3 is 13.3 Å². The van der Waals surface area contributed by atoms with Gasteiger partial charge in [0.2, 0.25) is 17.7 Å². The first-order valence-corrected chi connectivity index (χ1v) is 16.2. The van der Waals surface area contributed by atoms with Crippen LogP contribution < -0.4 is 10.2 Å². The zero-order chi connectivity index (χ0) is 32.0. The summed E-state index contributed by atoms with van der Waals surface area (Å²) in [6, 6.07) is 9.46. The van der Waals surface area contributed by atoms with Gasteiger partial charge in [0, 0.05) is 44.4 Å². The second kappa shape index (κ2) is 12.0. The van der Waals surface area contributed by atoms with Gasteiger partial charge in [-0.3, -0.25) is 23.7 Å². The average Bonchev–Trinajstić information content (AvgIpc) is 3.60. The number of anilines is 1. The van der Waals surface area contributed by atoms with E-state index in [1.807, 2.05) is 6.07 Å². The minimum Gasteiger partial charge on any atom is -0.340 e. The predicted molar refractivity (Wildman–Crippen MR) is 157 cm³/mol. The van der Waals surface area contributed by atoms with E-state index in [1.54, 1.807) is 31.3 Å². The standard InChI is InChI=1S/C28H30F2N5O7PS/c1-16(36)34-13-12-19-9-10-22(27(39)33(2)18-6-4-3-5-7-18)35(19)26(38)21(15-34)31-24(37)25-32-20-14-17(8-11-23(20)44-25)28(29,30)43(40,41)42/h3-8,11,14,19,21-22H,9-10,12-13,15H2,1-2H3,(H,31,37)(H2,40,41,42)/t19-,21?,22+/m1/s1. The lowest BCUT2D eigenvalue weighted by molar-refractivity contribution is -0.144. The Morgan fingerprint density at radius 2 is 1.82 bits per heavy atom. The number of para-hydroxylation sites is 1. The van der Waals surface area contributed by atoms with Crippen molar-refractivity contribution in [3.8, 4) is 0 Å². The van der Waals surface area contributed by atoms with Crippen LogP contribution in [0, 0.1) is 0 Å². The average molecular weight is 650 g/mol. The molecule has 2 aromatic carbocycles. The van der Waals surface area contributed by atoms with Crippen LogP contribution in [-0.4, -0.2) is 86.5 Å². The van der Waals surface area contributed by atoms with Crippen LogP contribution in [0.25, 0.3) is 10.2 Å². The van der Waals surface area contributed by atoms with Crippen LogP contribution in [0.3, 0.4) is 0 Å². The van der Waals surface area contributed by atoms with Gasteiger partial charge in [0.25, 0.3) is 5.91 Å². The summed E-state index contributed by atoms with van der Waals surface area (Å²) in [4.78, 5) is 80.1. The van der Waals surface area contributed by atoms with Gasteiger partial charge in [-0.1, -0.05) is 24.3 Å². The molecule has 3 aromatic rings. The fraction of sp³-hybridized carbons (Fsp3) is 0.393. The van der Waals surface area contributed by atoms with Gasteiger partial charge in [-0.2, -0.15) is 8.78 Å². The molecule has 1 unspecified atom stereocenters. The number of aromatic nitrogens is 1. The number of fused-ring (bicyclic) bond motifs is 2. The van der Waals surface area contributed by atoms with Gasteiger partial charge in [0.05, 0.1) is 10.2 Å². The number of carbonyl (C=O) groups excluding carboxylic acids is 4. The summed E-state index contributed by atoms with van der Waals surface area (Å²) in [6.07, 6.45) is 1.41. The van der Waals surface area contributed by atoms with E-state index in [-0.39, 0.29) is 34.9 Å². The van der Waals surface area contributed by atoms with Gasteiger partial charge in [0.1, 0.15) is 12.1 Å². The van der Waals surface area contributed by atoms with Crippen LogP contribution in [0.1, 0.15) is 41.6 Å². The minimum atomic E-state index is -5.82. The monoisotopic (exact) mass is 649 g/mol. The molecule has 3 heterocycles. The number of benzene rings is 2. The lowest BCUT2D eigenvalue weighted by Gasteiger charge is -2.39. The number of alkyl halides is 2. The van der Waals surface area contributed by atoms with Crippen LogP contribution >= 0.6 is 18.9 Å². The van der Waals surface area contributed by atoms with E-state index in [2.05, 4.69) is 10.3 Å². The Hall–Kier alpha value is -3.78. The molecule has 234 valence electrons. The van der Waals surface area contributed by atoms with Crippen molar-refractivity contribution in [3.63, 3.8) is 0 Å². The zero-order valence-electron chi connectivity index (χ0n) is 23.7. The summed E-state index contributed by atoms with van der Waals surface area (Å²) in [6.45, 7) is 1.52. The first kappa shape index (κ1) is 31.6. The molecule has 3 atom stereocenters. The van der Waals surface area contributed by atoms with Gasteiger partial charge < -0.3 is 29.8 Å². The molecule has 0 aliphatic carbocycles. The third kappa shape index (κ3) is 5.96. The first-order chi connectivity index (χ1) is 20.7. The van der Waals surface area contributed by atoms with E-state index < -0.39 is 42.7 Å². The van der Waals surface area contributed by atoms with E-state index in [4.69, 9.17) is 9.79 Å². The number of hydrogen-bond donors (Lipinski definition) is 3. The molecule has 3 N–H and O–H groups in total. The number of rotatable bonds is 6. The van der Waals surface area contributed by atoms with Crippen LogP contribution in [0.2, 0.25) is 0 Å². The molecule has 44 heavy (non-hydrogen) atoms. The zero-order valence-corrected chi connectivity index (χ0v) is 25.4. The molecule has 12 nitrogen and oxygen atoms in total. The summed E-state index contributed by atoms with van der Waals surface area (Å²) in [5.74, 6) is -1.91. The van der Waals surface area contributed by atoms with Gasteiger partial charge in [0.15, 0.2) is 5.01 Å². The van der Waals surface area contributed by atoms with Crippen molar-refractivity contribution in [1.82, 2.24) is 20.1 Å². The molecule has 2 aliphatic rings. The van der Waals surface area contributed by atoms with E-state index in [9.17, 15) is 32.5 Å². The minimum absolute atomic E-state index is 0.0886. The summed E-state index contributed by atoms with van der Waals surface area (Å²) < 4.78 is 40.1. The highest BCUT2D eigenvalue weighted by molar-refractivity contribution is 7.52. The predicted octanol–water partition coefficient (Wildman–Crippen LogP) is 2.90. The normalized spacial score (nSPS) is 21.0. The molecule has 5 rings (SSSR count). The Bertz CT molecular complexity index is 1670. The molecular formula is C28H30F2N5O7PS. The molecule has 0 radical (unpaired) electrons. The number of amides is 4. The van der Waals surface area contributed by atoms with Crippen molar-refractivity contribution in [3.05, 3.63) is 59.1 Å². The molecule has 2 fully saturated rings. The summed E-state index contributed by atoms with van der Waals surface area (Å²) in [7, 11) is -4.19. The fourth-order valence-corrected chi connectivity index (χ4v) is 6.94. The smallest absolute Gasteiger partial charge is 0.340 e. The second-order valence-electron chi connectivity index (χ2n) is 10.8. The number of likely N-dealkylation sites (N-methyl/N-ethyl adjacent to an activating group) is 1.